The fraction of sp³-hybridized carbons (Fsp3) is 0.136. The first-order chi connectivity index (χ1) is 14.3. The quantitative estimate of drug-likeness (QED) is 0.502. The van der Waals surface area contributed by atoms with E-state index in [9.17, 15) is 13.2 Å². The number of rotatable bonds is 7. The summed E-state index contributed by atoms with van der Waals surface area (Å²) >= 11 is 3.38. The van der Waals surface area contributed by atoms with Gasteiger partial charge in [0.05, 0.1) is 18.0 Å². The fourth-order valence-corrected chi connectivity index (χ4v) is 4.10. The molecule has 0 aliphatic carbocycles. The number of nitrogens with one attached hydrogen (secondary N) is 2. The third-order valence-electron chi connectivity index (χ3n) is 4.49. The van der Waals surface area contributed by atoms with Gasteiger partial charge in [0.1, 0.15) is 5.75 Å². The van der Waals surface area contributed by atoms with Crippen molar-refractivity contribution in [3.05, 3.63) is 88.4 Å². The van der Waals surface area contributed by atoms with Crippen molar-refractivity contribution in [1.82, 2.24) is 5.32 Å². The van der Waals surface area contributed by atoms with Gasteiger partial charge in [-0.15, -0.1) is 0 Å². The maximum absolute atomic E-state index is 12.6. The van der Waals surface area contributed by atoms with Crippen LogP contribution in [0.15, 0.2) is 82.2 Å². The van der Waals surface area contributed by atoms with E-state index < -0.39 is 10.0 Å². The molecule has 2 N–H and O–H groups in total. The maximum atomic E-state index is 12.6. The van der Waals surface area contributed by atoms with E-state index in [-0.39, 0.29) is 16.8 Å². The lowest BCUT2D eigenvalue weighted by atomic mass is 10.1. The molecule has 0 bridgehead atoms. The predicted molar refractivity (Wildman–Crippen MR) is 120 cm³/mol. The number of halogens is 1. The average molecular weight is 489 g/mol. The minimum absolute atomic E-state index is 0.0656. The number of ether oxygens (including phenoxy) is 1. The second-order valence-corrected chi connectivity index (χ2v) is 9.20. The SMILES string of the molecule is COc1ccc(NS(=O)(=O)c2ccc(C(=O)N[C@H](C)c3ccc(Br)cc3)cc2)cc1. The minimum Gasteiger partial charge on any atom is -0.497 e. The summed E-state index contributed by atoms with van der Waals surface area (Å²) in [4.78, 5) is 12.6. The summed E-state index contributed by atoms with van der Waals surface area (Å²) in [6.07, 6.45) is 0. The molecule has 0 aromatic heterocycles. The van der Waals surface area contributed by atoms with Crippen LogP contribution in [0.1, 0.15) is 28.9 Å². The van der Waals surface area contributed by atoms with Gasteiger partial charge in [0.15, 0.2) is 0 Å². The Hall–Kier alpha value is -2.84. The highest BCUT2D eigenvalue weighted by Crippen LogP contribution is 2.20. The first kappa shape index (κ1) is 21.9. The number of methoxy groups -OCH3 is 1. The normalized spacial score (nSPS) is 12.1. The van der Waals surface area contributed by atoms with Gasteiger partial charge in [-0.1, -0.05) is 28.1 Å². The van der Waals surface area contributed by atoms with Crippen molar-refractivity contribution in [2.24, 2.45) is 0 Å². The van der Waals surface area contributed by atoms with E-state index in [0.717, 1.165) is 10.0 Å². The highest BCUT2D eigenvalue weighted by atomic mass is 79.9. The molecule has 0 saturated heterocycles. The molecule has 0 unspecified atom stereocenters. The molecule has 3 rings (SSSR count). The predicted octanol–water partition coefficient (Wildman–Crippen LogP) is 4.75. The van der Waals surface area contributed by atoms with Crippen LogP contribution in [0.4, 0.5) is 5.69 Å². The third kappa shape index (κ3) is 5.40. The van der Waals surface area contributed by atoms with Crippen LogP contribution in [0.2, 0.25) is 0 Å². The van der Waals surface area contributed by atoms with Gasteiger partial charge < -0.3 is 10.1 Å². The largest absolute Gasteiger partial charge is 0.497 e. The van der Waals surface area contributed by atoms with Crippen molar-refractivity contribution < 1.29 is 17.9 Å². The van der Waals surface area contributed by atoms with Crippen molar-refractivity contribution >= 4 is 37.5 Å². The van der Waals surface area contributed by atoms with E-state index in [2.05, 4.69) is 26.0 Å². The number of hydrogen-bond acceptors (Lipinski definition) is 4. The molecule has 0 aliphatic heterocycles. The zero-order valence-corrected chi connectivity index (χ0v) is 18.8. The van der Waals surface area contributed by atoms with E-state index >= 15 is 0 Å². The number of carbonyl (C=O) groups excluding carboxylic acids is 1. The number of sulfonamides is 1. The topological polar surface area (TPSA) is 84.5 Å². The lowest BCUT2D eigenvalue weighted by Gasteiger charge is -2.15. The molecule has 0 spiro atoms. The van der Waals surface area contributed by atoms with Crippen LogP contribution in [-0.2, 0) is 10.0 Å². The van der Waals surface area contributed by atoms with Crippen molar-refractivity contribution in [2.45, 2.75) is 17.9 Å². The van der Waals surface area contributed by atoms with Gasteiger partial charge in [0.25, 0.3) is 15.9 Å². The van der Waals surface area contributed by atoms with E-state index in [4.69, 9.17) is 4.74 Å². The minimum atomic E-state index is -3.77. The van der Waals surface area contributed by atoms with Gasteiger partial charge in [-0.25, -0.2) is 8.42 Å². The number of benzene rings is 3. The van der Waals surface area contributed by atoms with Crippen LogP contribution in [0, 0.1) is 0 Å². The number of anilines is 1. The summed E-state index contributed by atoms with van der Waals surface area (Å²) in [5.41, 5.74) is 1.76. The summed E-state index contributed by atoms with van der Waals surface area (Å²) < 4.78 is 33.7. The first-order valence-corrected chi connectivity index (χ1v) is 11.4. The molecule has 0 aliphatic rings. The Morgan fingerprint density at radius 2 is 1.53 bits per heavy atom. The number of carbonyl (C=O) groups is 1. The van der Waals surface area contributed by atoms with Gasteiger partial charge in [0.2, 0.25) is 0 Å². The Kier molecular flexibility index (Phi) is 6.79. The van der Waals surface area contributed by atoms with Crippen LogP contribution in [-0.4, -0.2) is 21.4 Å². The Morgan fingerprint density at radius 1 is 0.933 bits per heavy atom. The lowest BCUT2D eigenvalue weighted by Crippen LogP contribution is -2.26. The van der Waals surface area contributed by atoms with Gasteiger partial charge in [-0.3, -0.25) is 9.52 Å². The van der Waals surface area contributed by atoms with Gasteiger partial charge >= 0.3 is 0 Å². The van der Waals surface area contributed by atoms with Crippen LogP contribution < -0.4 is 14.8 Å². The molecule has 0 fully saturated rings. The second-order valence-electron chi connectivity index (χ2n) is 6.61. The van der Waals surface area contributed by atoms with Gasteiger partial charge in [0, 0.05) is 15.7 Å². The molecular formula is C22H21BrN2O4S. The molecule has 0 saturated carbocycles. The standard InChI is InChI=1S/C22H21BrN2O4S/c1-15(16-3-7-18(23)8-4-16)24-22(26)17-5-13-21(14-6-17)30(27,28)25-19-9-11-20(29-2)12-10-19/h3-15,25H,1-2H3,(H,24,26)/t15-/m1/s1. The van der Waals surface area contributed by atoms with Crippen molar-refractivity contribution in [3.8, 4) is 5.75 Å². The van der Waals surface area contributed by atoms with E-state index in [0.29, 0.717) is 17.0 Å². The molecule has 6 nitrogen and oxygen atoms in total. The second kappa shape index (κ2) is 9.32. The zero-order valence-electron chi connectivity index (χ0n) is 16.4. The van der Waals surface area contributed by atoms with Gasteiger partial charge in [-0.2, -0.15) is 0 Å². The summed E-state index contributed by atoms with van der Waals surface area (Å²) in [6, 6.07) is 19.8. The molecule has 30 heavy (non-hydrogen) atoms. The highest BCUT2D eigenvalue weighted by molar-refractivity contribution is 9.10. The number of amides is 1. The fourth-order valence-electron chi connectivity index (χ4n) is 2.77. The summed E-state index contributed by atoms with van der Waals surface area (Å²) in [5.74, 6) is 0.350. The maximum Gasteiger partial charge on any atom is 0.261 e. The monoisotopic (exact) mass is 488 g/mol. The summed E-state index contributed by atoms with van der Waals surface area (Å²) in [7, 11) is -2.23. The Morgan fingerprint density at radius 3 is 2.10 bits per heavy atom. The van der Waals surface area contributed by atoms with Crippen LogP contribution in [0.3, 0.4) is 0 Å². The van der Waals surface area contributed by atoms with E-state index in [1.54, 1.807) is 24.3 Å². The average Bonchev–Trinajstić information content (AvgIpc) is 2.74. The Balaban J connectivity index is 1.68. The van der Waals surface area contributed by atoms with Gasteiger partial charge in [-0.05, 0) is 73.2 Å². The Bertz CT molecular complexity index is 1110. The van der Waals surface area contributed by atoms with E-state index in [1.807, 2.05) is 31.2 Å². The summed E-state index contributed by atoms with van der Waals surface area (Å²) in [5, 5.41) is 2.91. The van der Waals surface area contributed by atoms with Crippen molar-refractivity contribution in [1.29, 1.82) is 0 Å². The molecule has 8 heteroatoms. The van der Waals surface area contributed by atoms with E-state index in [1.165, 1.54) is 31.4 Å². The Labute approximate surface area is 184 Å². The highest BCUT2D eigenvalue weighted by Gasteiger charge is 2.16. The lowest BCUT2D eigenvalue weighted by molar-refractivity contribution is 0.0940. The third-order valence-corrected chi connectivity index (χ3v) is 6.41. The van der Waals surface area contributed by atoms with Crippen LogP contribution >= 0.6 is 15.9 Å². The van der Waals surface area contributed by atoms with Crippen LogP contribution in [0.25, 0.3) is 0 Å². The number of hydrogen-bond donors (Lipinski definition) is 2. The molecule has 1 atom stereocenters. The van der Waals surface area contributed by atoms with Crippen LogP contribution in [0.5, 0.6) is 5.75 Å². The molecule has 3 aromatic rings. The van der Waals surface area contributed by atoms with Crippen molar-refractivity contribution in [3.63, 3.8) is 0 Å². The zero-order chi connectivity index (χ0) is 21.7. The molecular weight excluding hydrogens is 468 g/mol. The first-order valence-electron chi connectivity index (χ1n) is 9.12. The molecule has 0 heterocycles. The molecule has 156 valence electrons. The molecule has 1 amide bonds. The smallest absolute Gasteiger partial charge is 0.261 e. The molecule has 3 aromatic carbocycles. The van der Waals surface area contributed by atoms with Crippen molar-refractivity contribution in [2.75, 3.05) is 11.8 Å². The molecule has 0 radical (unpaired) electrons. The summed E-state index contributed by atoms with van der Waals surface area (Å²) in [6.45, 7) is 1.89.